The third-order valence-corrected chi connectivity index (χ3v) is 3.86. The van der Waals surface area contributed by atoms with E-state index >= 15 is 0 Å². The van der Waals surface area contributed by atoms with Crippen LogP contribution >= 0.6 is 0 Å². The zero-order valence-corrected chi connectivity index (χ0v) is 13.3. The van der Waals surface area contributed by atoms with Gasteiger partial charge in [0.15, 0.2) is 0 Å². The molecule has 1 atom stereocenters. The molecule has 0 aliphatic carbocycles. The fourth-order valence-corrected chi connectivity index (χ4v) is 2.69. The maximum Gasteiger partial charge on any atom is 0.305 e. The SMILES string of the molecule is Cc1c(C(=O)NC2(CC(=O)O)CCOC2)cnn1CC(C)C. The summed E-state index contributed by atoms with van der Waals surface area (Å²) >= 11 is 0. The molecule has 2 heterocycles. The highest BCUT2D eigenvalue weighted by Gasteiger charge is 2.39. The van der Waals surface area contributed by atoms with Gasteiger partial charge in [-0.25, -0.2) is 0 Å². The Morgan fingerprint density at radius 2 is 2.27 bits per heavy atom. The summed E-state index contributed by atoms with van der Waals surface area (Å²) in [7, 11) is 0. The molecule has 1 amide bonds. The van der Waals surface area contributed by atoms with E-state index < -0.39 is 11.5 Å². The molecule has 2 N–H and O–H groups in total. The Morgan fingerprint density at radius 3 is 2.82 bits per heavy atom. The van der Waals surface area contributed by atoms with Gasteiger partial charge in [0.05, 0.1) is 30.3 Å². The Labute approximate surface area is 129 Å². The number of rotatable bonds is 6. The first-order valence-electron chi connectivity index (χ1n) is 7.47. The number of hydrogen-bond donors (Lipinski definition) is 2. The van der Waals surface area contributed by atoms with Crippen molar-refractivity contribution in [3.05, 3.63) is 17.5 Å². The van der Waals surface area contributed by atoms with Crippen LogP contribution in [-0.4, -0.2) is 45.5 Å². The number of aliphatic carboxylic acids is 1. The smallest absolute Gasteiger partial charge is 0.305 e. The molecule has 7 nitrogen and oxygen atoms in total. The standard InChI is InChI=1S/C15H23N3O4/c1-10(2)8-18-11(3)12(7-16-18)14(21)17-15(6-13(19)20)4-5-22-9-15/h7,10H,4-6,8-9H2,1-3H3,(H,17,21)(H,19,20). The van der Waals surface area contributed by atoms with E-state index in [0.717, 1.165) is 12.2 Å². The predicted molar refractivity (Wildman–Crippen MR) is 79.7 cm³/mol. The molecule has 1 aromatic rings. The lowest BCUT2D eigenvalue weighted by Crippen LogP contribution is -2.50. The van der Waals surface area contributed by atoms with Crippen LogP contribution in [0.3, 0.4) is 0 Å². The highest BCUT2D eigenvalue weighted by Crippen LogP contribution is 2.23. The number of amides is 1. The van der Waals surface area contributed by atoms with E-state index in [0.29, 0.717) is 24.5 Å². The summed E-state index contributed by atoms with van der Waals surface area (Å²) in [6.07, 6.45) is 1.90. The normalized spacial score (nSPS) is 21.3. The number of carbonyl (C=O) groups is 2. The second-order valence-corrected chi connectivity index (χ2v) is 6.33. The molecule has 1 fully saturated rings. The van der Waals surface area contributed by atoms with Crippen LogP contribution in [0.25, 0.3) is 0 Å². The van der Waals surface area contributed by atoms with Crippen molar-refractivity contribution < 1.29 is 19.4 Å². The van der Waals surface area contributed by atoms with Gasteiger partial charge in [-0.15, -0.1) is 0 Å². The summed E-state index contributed by atoms with van der Waals surface area (Å²) in [4.78, 5) is 23.5. The molecule has 0 aromatic carbocycles. The molecule has 1 saturated heterocycles. The first-order chi connectivity index (χ1) is 10.3. The highest BCUT2D eigenvalue weighted by molar-refractivity contribution is 5.95. The van der Waals surface area contributed by atoms with E-state index in [1.807, 2.05) is 6.92 Å². The number of aromatic nitrogens is 2. The third-order valence-electron chi connectivity index (χ3n) is 3.86. The molecule has 1 aromatic heterocycles. The highest BCUT2D eigenvalue weighted by atomic mass is 16.5. The maximum atomic E-state index is 12.5. The van der Waals surface area contributed by atoms with E-state index in [1.165, 1.54) is 6.20 Å². The molecule has 0 bridgehead atoms. The van der Waals surface area contributed by atoms with Crippen molar-refractivity contribution in [1.29, 1.82) is 0 Å². The van der Waals surface area contributed by atoms with Crippen LogP contribution in [0, 0.1) is 12.8 Å². The molecule has 1 aliphatic heterocycles. The van der Waals surface area contributed by atoms with E-state index in [2.05, 4.69) is 24.3 Å². The second kappa shape index (κ2) is 6.48. The lowest BCUT2D eigenvalue weighted by atomic mass is 9.94. The minimum absolute atomic E-state index is 0.141. The van der Waals surface area contributed by atoms with Gasteiger partial charge in [0.1, 0.15) is 0 Å². The molecule has 1 aliphatic rings. The fraction of sp³-hybridized carbons (Fsp3) is 0.667. The summed E-state index contributed by atoms with van der Waals surface area (Å²) in [5.41, 5.74) is 0.447. The topological polar surface area (TPSA) is 93.5 Å². The van der Waals surface area contributed by atoms with Crippen LogP contribution in [-0.2, 0) is 16.1 Å². The quantitative estimate of drug-likeness (QED) is 0.824. The average Bonchev–Trinajstić information content (AvgIpc) is 2.97. The monoisotopic (exact) mass is 309 g/mol. The molecule has 122 valence electrons. The molecule has 2 rings (SSSR count). The number of carboxylic acids is 1. The zero-order valence-electron chi connectivity index (χ0n) is 13.3. The number of ether oxygens (including phenoxy) is 1. The van der Waals surface area contributed by atoms with Crippen molar-refractivity contribution in [1.82, 2.24) is 15.1 Å². The van der Waals surface area contributed by atoms with Crippen molar-refractivity contribution in [3.63, 3.8) is 0 Å². The first kappa shape index (κ1) is 16.5. The Bertz CT molecular complexity index is 559. The molecule has 0 spiro atoms. The van der Waals surface area contributed by atoms with E-state index in [1.54, 1.807) is 4.68 Å². The van der Waals surface area contributed by atoms with Gasteiger partial charge in [0.25, 0.3) is 5.91 Å². The zero-order chi connectivity index (χ0) is 16.3. The number of carbonyl (C=O) groups excluding carboxylic acids is 1. The molecule has 0 saturated carbocycles. The maximum absolute atomic E-state index is 12.5. The summed E-state index contributed by atoms with van der Waals surface area (Å²) in [5, 5.41) is 16.1. The van der Waals surface area contributed by atoms with Crippen molar-refractivity contribution in [2.45, 2.75) is 45.7 Å². The molecular formula is C15H23N3O4. The van der Waals surface area contributed by atoms with E-state index in [-0.39, 0.29) is 18.9 Å². The fourth-order valence-electron chi connectivity index (χ4n) is 2.69. The molecular weight excluding hydrogens is 286 g/mol. The summed E-state index contributed by atoms with van der Waals surface area (Å²) in [6, 6.07) is 0. The number of nitrogens with zero attached hydrogens (tertiary/aromatic N) is 2. The van der Waals surface area contributed by atoms with Crippen molar-refractivity contribution in [3.8, 4) is 0 Å². The first-order valence-corrected chi connectivity index (χ1v) is 7.47. The van der Waals surface area contributed by atoms with Gasteiger partial charge in [0, 0.05) is 18.8 Å². The largest absolute Gasteiger partial charge is 0.481 e. The summed E-state index contributed by atoms with van der Waals surface area (Å²) in [5.74, 6) is -0.812. The lowest BCUT2D eigenvalue weighted by molar-refractivity contribution is -0.138. The van der Waals surface area contributed by atoms with Crippen LogP contribution < -0.4 is 5.32 Å². The van der Waals surface area contributed by atoms with Gasteiger partial charge in [-0.05, 0) is 19.3 Å². The molecule has 22 heavy (non-hydrogen) atoms. The van der Waals surface area contributed by atoms with Gasteiger partial charge in [-0.1, -0.05) is 13.8 Å². The average molecular weight is 309 g/mol. The Morgan fingerprint density at radius 1 is 1.55 bits per heavy atom. The van der Waals surface area contributed by atoms with Crippen LogP contribution in [0.5, 0.6) is 0 Å². The Hall–Kier alpha value is -1.89. The summed E-state index contributed by atoms with van der Waals surface area (Å²) < 4.78 is 7.09. The van der Waals surface area contributed by atoms with Crippen molar-refractivity contribution >= 4 is 11.9 Å². The molecule has 7 heteroatoms. The number of nitrogens with one attached hydrogen (secondary N) is 1. The summed E-state index contributed by atoms with van der Waals surface area (Å²) in [6.45, 7) is 7.43. The van der Waals surface area contributed by atoms with Crippen molar-refractivity contribution in [2.75, 3.05) is 13.2 Å². The van der Waals surface area contributed by atoms with Gasteiger partial charge in [-0.3, -0.25) is 14.3 Å². The van der Waals surface area contributed by atoms with Gasteiger partial charge < -0.3 is 15.2 Å². The lowest BCUT2D eigenvalue weighted by Gasteiger charge is -2.26. The van der Waals surface area contributed by atoms with Crippen LogP contribution in [0.15, 0.2) is 6.20 Å². The van der Waals surface area contributed by atoms with Crippen molar-refractivity contribution in [2.24, 2.45) is 5.92 Å². The van der Waals surface area contributed by atoms with Crippen LogP contribution in [0.1, 0.15) is 42.7 Å². The van der Waals surface area contributed by atoms with E-state index in [4.69, 9.17) is 9.84 Å². The van der Waals surface area contributed by atoms with Gasteiger partial charge in [-0.2, -0.15) is 5.10 Å². The van der Waals surface area contributed by atoms with Crippen LogP contribution in [0.4, 0.5) is 0 Å². The van der Waals surface area contributed by atoms with Gasteiger partial charge in [0.2, 0.25) is 0 Å². The second-order valence-electron chi connectivity index (χ2n) is 6.33. The molecule has 1 unspecified atom stereocenters. The Kier molecular flexibility index (Phi) is 4.85. The predicted octanol–water partition coefficient (Wildman–Crippen LogP) is 1.21. The van der Waals surface area contributed by atoms with Crippen LogP contribution in [0.2, 0.25) is 0 Å². The minimum Gasteiger partial charge on any atom is -0.481 e. The van der Waals surface area contributed by atoms with Gasteiger partial charge >= 0.3 is 5.97 Å². The third kappa shape index (κ3) is 3.65. The minimum atomic E-state index is -0.946. The number of carboxylic acid groups (broad SMARTS) is 1. The Balaban J connectivity index is 2.14. The van der Waals surface area contributed by atoms with E-state index in [9.17, 15) is 9.59 Å². The molecule has 0 radical (unpaired) electrons. The number of hydrogen-bond acceptors (Lipinski definition) is 4.